The van der Waals surface area contributed by atoms with Crippen LogP contribution in [0.15, 0.2) is 40.9 Å². The number of piperazine rings is 1. The van der Waals surface area contributed by atoms with Crippen molar-refractivity contribution in [1.29, 1.82) is 0 Å². The number of carbonyl (C=O) groups excluding carboxylic acids is 1. The van der Waals surface area contributed by atoms with Gasteiger partial charge in [-0.1, -0.05) is 23.4 Å². The van der Waals surface area contributed by atoms with Crippen LogP contribution < -0.4 is 10.1 Å². The Labute approximate surface area is 153 Å². The molecule has 7 heteroatoms. The van der Waals surface area contributed by atoms with E-state index >= 15 is 0 Å². The number of anilines is 1. The molecule has 0 saturated carbocycles. The molecule has 1 amide bonds. The zero-order chi connectivity index (χ0) is 18.4. The van der Waals surface area contributed by atoms with E-state index in [2.05, 4.69) is 20.3 Å². The molecule has 140 valence electrons. The molecule has 1 aliphatic heterocycles. The molecule has 1 atom stereocenters. The Morgan fingerprint density at radius 2 is 2.00 bits per heavy atom. The maximum atomic E-state index is 12.4. The Morgan fingerprint density at radius 3 is 2.65 bits per heavy atom. The lowest BCUT2D eigenvalue weighted by Gasteiger charge is -2.37. The summed E-state index contributed by atoms with van der Waals surface area (Å²) >= 11 is 0. The molecule has 1 aromatic carbocycles. The summed E-state index contributed by atoms with van der Waals surface area (Å²) < 4.78 is 10.7. The molecule has 1 aliphatic rings. The zero-order valence-electron chi connectivity index (χ0n) is 15.4. The lowest BCUT2D eigenvalue weighted by Crippen LogP contribution is -2.53. The fourth-order valence-electron chi connectivity index (χ4n) is 3.01. The highest BCUT2D eigenvalue weighted by Crippen LogP contribution is 2.12. The minimum atomic E-state index is -0.199. The molecule has 7 nitrogen and oxygen atoms in total. The number of benzene rings is 1. The molecule has 2 heterocycles. The number of nitrogens with zero attached hydrogens (tertiary/aromatic N) is 3. The average molecular weight is 358 g/mol. The van der Waals surface area contributed by atoms with Crippen molar-refractivity contribution in [2.24, 2.45) is 0 Å². The first-order valence-electron chi connectivity index (χ1n) is 9.00. The van der Waals surface area contributed by atoms with Gasteiger partial charge >= 0.3 is 0 Å². The molecule has 0 aliphatic carbocycles. The van der Waals surface area contributed by atoms with Gasteiger partial charge in [0, 0.05) is 38.8 Å². The van der Waals surface area contributed by atoms with Crippen molar-refractivity contribution in [3.05, 3.63) is 42.2 Å². The van der Waals surface area contributed by atoms with Gasteiger partial charge in [-0.3, -0.25) is 14.6 Å². The first kappa shape index (κ1) is 18.4. The van der Waals surface area contributed by atoms with Crippen molar-refractivity contribution >= 4 is 11.7 Å². The van der Waals surface area contributed by atoms with Crippen LogP contribution in [0.4, 0.5) is 5.82 Å². The monoisotopic (exact) mass is 358 g/mol. The van der Waals surface area contributed by atoms with Gasteiger partial charge in [0.2, 0.25) is 5.91 Å². The summed E-state index contributed by atoms with van der Waals surface area (Å²) in [5.41, 5.74) is 0. The molecule has 1 N–H and O–H groups in total. The molecule has 1 aromatic heterocycles. The maximum absolute atomic E-state index is 12.4. The molecule has 26 heavy (non-hydrogen) atoms. The van der Waals surface area contributed by atoms with Crippen LogP contribution >= 0.6 is 0 Å². The lowest BCUT2D eigenvalue weighted by molar-refractivity contribution is -0.121. The molecule has 3 rings (SSSR count). The third kappa shape index (κ3) is 5.06. The van der Waals surface area contributed by atoms with E-state index < -0.39 is 0 Å². The number of para-hydroxylation sites is 1. The largest absolute Gasteiger partial charge is 0.492 e. The fourth-order valence-corrected chi connectivity index (χ4v) is 3.01. The minimum absolute atomic E-state index is 0.0563. The average Bonchev–Trinajstić information content (AvgIpc) is 3.07. The van der Waals surface area contributed by atoms with Crippen molar-refractivity contribution in [2.45, 2.75) is 19.9 Å². The zero-order valence-corrected chi connectivity index (χ0v) is 15.4. The summed E-state index contributed by atoms with van der Waals surface area (Å²) in [5, 5.41) is 6.61. The second-order valence-corrected chi connectivity index (χ2v) is 6.53. The van der Waals surface area contributed by atoms with E-state index in [-0.39, 0.29) is 11.9 Å². The van der Waals surface area contributed by atoms with Crippen LogP contribution in [-0.2, 0) is 4.79 Å². The van der Waals surface area contributed by atoms with E-state index in [9.17, 15) is 4.79 Å². The van der Waals surface area contributed by atoms with Gasteiger partial charge in [-0.15, -0.1) is 0 Å². The van der Waals surface area contributed by atoms with Crippen LogP contribution in [0.5, 0.6) is 5.75 Å². The summed E-state index contributed by atoms with van der Waals surface area (Å²) in [6, 6.07) is 11.4. The molecule has 2 aromatic rings. The van der Waals surface area contributed by atoms with Crippen molar-refractivity contribution < 1.29 is 14.1 Å². The van der Waals surface area contributed by atoms with Crippen molar-refractivity contribution in [3.63, 3.8) is 0 Å². The van der Waals surface area contributed by atoms with Crippen molar-refractivity contribution in [1.82, 2.24) is 15.0 Å². The molecular formula is C19H26N4O3. The Balaban J connectivity index is 1.38. The highest BCUT2D eigenvalue weighted by Gasteiger charge is 2.26. The number of rotatable bonds is 7. The lowest BCUT2D eigenvalue weighted by atomic mass is 10.2. The highest BCUT2D eigenvalue weighted by molar-refractivity contribution is 5.93. The van der Waals surface area contributed by atoms with E-state index in [4.69, 9.17) is 9.26 Å². The normalized spacial score (nSPS) is 17.0. The van der Waals surface area contributed by atoms with Gasteiger partial charge in [0.05, 0.1) is 6.04 Å². The van der Waals surface area contributed by atoms with Gasteiger partial charge in [-0.25, -0.2) is 0 Å². The molecule has 1 fully saturated rings. The van der Waals surface area contributed by atoms with E-state index in [0.717, 1.165) is 38.5 Å². The second-order valence-electron chi connectivity index (χ2n) is 6.53. The number of nitrogens with one attached hydrogen (secondary N) is 1. The maximum Gasteiger partial charge on any atom is 0.242 e. The Morgan fingerprint density at radius 1 is 1.27 bits per heavy atom. The van der Waals surface area contributed by atoms with Crippen LogP contribution in [0.25, 0.3) is 0 Å². The molecule has 1 unspecified atom stereocenters. The third-order valence-corrected chi connectivity index (χ3v) is 4.63. The topological polar surface area (TPSA) is 70.8 Å². The second kappa shape index (κ2) is 8.82. The summed E-state index contributed by atoms with van der Waals surface area (Å²) in [6.07, 6.45) is 0. The third-order valence-electron chi connectivity index (χ3n) is 4.63. The van der Waals surface area contributed by atoms with Gasteiger partial charge < -0.3 is 14.6 Å². The van der Waals surface area contributed by atoms with E-state index in [1.54, 1.807) is 13.0 Å². The first-order chi connectivity index (χ1) is 12.6. The van der Waals surface area contributed by atoms with Crippen LogP contribution in [0, 0.1) is 6.92 Å². The van der Waals surface area contributed by atoms with Gasteiger partial charge in [-0.2, -0.15) is 0 Å². The van der Waals surface area contributed by atoms with E-state index in [1.807, 2.05) is 37.3 Å². The SMILES string of the molecule is Cc1cc(NC(=O)C(C)N2CCN(CCOc3ccccc3)CC2)no1. The van der Waals surface area contributed by atoms with E-state index in [1.165, 1.54) is 0 Å². The van der Waals surface area contributed by atoms with Gasteiger partial charge in [0.1, 0.15) is 18.1 Å². The highest BCUT2D eigenvalue weighted by atomic mass is 16.5. The predicted octanol–water partition coefficient (Wildman–Crippen LogP) is 2.01. The number of hydrogen-bond donors (Lipinski definition) is 1. The number of carbonyl (C=O) groups is 1. The van der Waals surface area contributed by atoms with Crippen LogP contribution in [0.3, 0.4) is 0 Å². The fraction of sp³-hybridized carbons (Fsp3) is 0.474. The molecule has 0 bridgehead atoms. The predicted molar refractivity (Wildman–Crippen MR) is 99.3 cm³/mol. The van der Waals surface area contributed by atoms with Crippen LogP contribution in [-0.4, -0.2) is 66.2 Å². The first-order valence-corrected chi connectivity index (χ1v) is 9.00. The number of hydrogen-bond acceptors (Lipinski definition) is 6. The standard InChI is InChI=1S/C19H26N4O3/c1-15-14-18(21-26-15)20-19(24)16(2)23-10-8-22(9-11-23)12-13-25-17-6-4-3-5-7-17/h3-7,14,16H,8-13H2,1-2H3,(H,20,21,24). The number of aryl methyl sites for hydroxylation is 1. The number of ether oxygens (including phenoxy) is 1. The summed E-state index contributed by atoms with van der Waals surface area (Å²) in [5.74, 6) is 1.99. The van der Waals surface area contributed by atoms with Crippen molar-refractivity contribution in [3.8, 4) is 5.75 Å². The summed E-state index contributed by atoms with van der Waals surface area (Å²) in [6.45, 7) is 8.86. The van der Waals surface area contributed by atoms with Gasteiger partial charge in [-0.05, 0) is 26.0 Å². The van der Waals surface area contributed by atoms with Crippen LogP contribution in [0.1, 0.15) is 12.7 Å². The van der Waals surface area contributed by atoms with Gasteiger partial charge in [0.15, 0.2) is 5.82 Å². The Bertz CT molecular complexity index is 696. The molecular weight excluding hydrogens is 332 g/mol. The number of amides is 1. The summed E-state index contributed by atoms with van der Waals surface area (Å²) in [7, 11) is 0. The molecule has 0 spiro atoms. The Hall–Kier alpha value is -2.38. The molecule has 0 radical (unpaired) electrons. The smallest absolute Gasteiger partial charge is 0.242 e. The number of aromatic nitrogens is 1. The van der Waals surface area contributed by atoms with Crippen molar-refractivity contribution in [2.75, 3.05) is 44.6 Å². The Kier molecular flexibility index (Phi) is 6.25. The summed E-state index contributed by atoms with van der Waals surface area (Å²) in [4.78, 5) is 16.9. The minimum Gasteiger partial charge on any atom is -0.492 e. The quantitative estimate of drug-likeness (QED) is 0.816. The van der Waals surface area contributed by atoms with Gasteiger partial charge in [0.25, 0.3) is 0 Å². The van der Waals surface area contributed by atoms with Crippen LogP contribution in [0.2, 0.25) is 0 Å². The molecule has 1 saturated heterocycles. The van der Waals surface area contributed by atoms with E-state index in [0.29, 0.717) is 18.2 Å².